The topological polar surface area (TPSA) is 83.0 Å². The van der Waals surface area contributed by atoms with Gasteiger partial charge in [0.15, 0.2) is 0 Å². The van der Waals surface area contributed by atoms with Gasteiger partial charge in [0, 0.05) is 24.8 Å². The zero-order valence-corrected chi connectivity index (χ0v) is 14.3. The summed E-state index contributed by atoms with van der Waals surface area (Å²) >= 11 is 0. The summed E-state index contributed by atoms with van der Waals surface area (Å²) in [5.74, 6) is -1.46. The van der Waals surface area contributed by atoms with E-state index in [9.17, 15) is 9.59 Å². The number of anilines is 1. The van der Waals surface area contributed by atoms with Crippen molar-refractivity contribution in [2.45, 2.75) is 26.8 Å². The van der Waals surface area contributed by atoms with Crippen molar-refractivity contribution < 1.29 is 14.3 Å². The second kappa shape index (κ2) is 8.44. The Morgan fingerprint density at radius 3 is 2.33 bits per heavy atom. The number of hydrazone groups is 1. The molecule has 0 unspecified atom stereocenters. The smallest absolute Gasteiger partial charge is 0.329 e. The molecule has 1 aromatic carbocycles. The van der Waals surface area contributed by atoms with Gasteiger partial charge in [0.25, 0.3) is 0 Å². The lowest BCUT2D eigenvalue weighted by Crippen LogP contribution is -2.41. The molecule has 0 saturated carbocycles. The first-order chi connectivity index (χ1) is 11.5. The summed E-state index contributed by atoms with van der Waals surface area (Å²) in [5.41, 5.74) is 4.93. The van der Waals surface area contributed by atoms with Gasteiger partial charge in [-0.15, -0.1) is 0 Å². The number of hydrogen-bond acceptors (Lipinski definition) is 5. The fourth-order valence-electron chi connectivity index (χ4n) is 2.31. The van der Waals surface area contributed by atoms with Gasteiger partial charge in [-0.1, -0.05) is 12.1 Å². The molecule has 1 aliphatic rings. The van der Waals surface area contributed by atoms with Crippen LogP contribution in [0.25, 0.3) is 0 Å². The maximum Gasteiger partial charge on any atom is 0.329 e. The second-order valence-corrected chi connectivity index (χ2v) is 5.91. The van der Waals surface area contributed by atoms with Crippen LogP contribution in [0.1, 0.15) is 26.3 Å². The van der Waals surface area contributed by atoms with E-state index in [4.69, 9.17) is 4.74 Å². The van der Waals surface area contributed by atoms with E-state index in [0.29, 0.717) is 5.71 Å². The first-order valence-electron chi connectivity index (χ1n) is 8.05. The molecule has 0 aliphatic carbocycles. The molecule has 0 atom stereocenters. The summed E-state index contributed by atoms with van der Waals surface area (Å²) in [7, 11) is 0. The molecule has 1 aliphatic heterocycles. The molecule has 2 amide bonds. The van der Waals surface area contributed by atoms with Crippen molar-refractivity contribution in [3.63, 3.8) is 0 Å². The number of amides is 2. The number of ether oxygens (including phenoxy) is 1. The van der Waals surface area contributed by atoms with E-state index in [1.54, 1.807) is 20.8 Å². The van der Waals surface area contributed by atoms with E-state index in [-0.39, 0.29) is 6.04 Å². The predicted octanol–water partition coefficient (Wildman–Crippen LogP) is 0.888. The van der Waals surface area contributed by atoms with E-state index in [1.165, 1.54) is 0 Å². The maximum atomic E-state index is 11.6. The Morgan fingerprint density at radius 1 is 1.12 bits per heavy atom. The molecule has 7 nitrogen and oxygen atoms in total. The van der Waals surface area contributed by atoms with E-state index >= 15 is 0 Å². The van der Waals surface area contributed by atoms with Crippen molar-refractivity contribution in [2.24, 2.45) is 5.10 Å². The van der Waals surface area contributed by atoms with Gasteiger partial charge < -0.3 is 15.0 Å². The van der Waals surface area contributed by atoms with Crippen LogP contribution in [-0.4, -0.2) is 49.9 Å². The lowest BCUT2D eigenvalue weighted by Gasteiger charge is -2.28. The van der Waals surface area contributed by atoms with Gasteiger partial charge in [0.2, 0.25) is 0 Å². The molecule has 7 heteroatoms. The molecule has 0 bridgehead atoms. The summed E-state index contributed by atoms with van der Waals surface area (Å²) in [6, 6.07) is 7.84. The number of hydrogen-bond donors (Lipinski definition) is 2. The van der Waals surface area contributed by atoms with Gasteiger partial charge in [0.05, 0.1) is 18.9 Å². The Bertz CT molecular complexity index is 605. The lowest BCUT2D eigenvalue weighted by molar-refractivity contribution is -0.139. The molecule has 1 fully saturated rings. The van der Waals surface area contributed by atoms with Crippen molar-refractivity contribution in [3.8, 4) is 0 Å². The van der Waals surface area contributed by atoms with Crippen LogP contribution < -0.4 is 15.6 Å². The fraction of sp³-hybridized carbons (Fsp3) is 0.471. The van der Waals surface area contributed by atoms with Gasteiger partial charge in [-0.25, -0.2) is 5.43 Å². The number of nitrogens with one attached hydrogen (secondary N) is 2. The third-order valence-corrected chi connectivity index (χ3v) is 3.61. The Kier molecular flexibility index (Phi) is 6.31. The third kappa shape index (κ3) is 5.06. The van der Waals surface area contributed by atoms with Gasteiger partial charge in [-0.2, -0.15) is 5.10 Å². The van der Waals surface area contributed by atoms with Crippen molar-refractivity contribution in [1.29, 1.82) is 0 Å². The summed E-state index contributed by atoms with van der Waals surface area (Å²) in [6.07, 6.45) is 0. The van der Waals surface area contributed by atoms with Crippen LogP contribution in [0.2, 0.25) is 0 Å². The first-order valence-corrected chi connectivity index (χ1v) is 8.05. The van der Waals surface area contributed by atoms with E-state index in [2.05, 4.69) is 20.7 Å². The Labute approximate surface area is 142 Å². The first kappa shape index (κ1) is 17.9. The zero-order chi connectivity index (χ0) is 17.5. The SMILES string of the molecule is CC(=NNC(=O)C(=O)NC(C)C)c1ccc(N2CCOCC2)cc1. The molecule has 0 radical (unpaired) electrons. The Hall–Kier alpha value is -2.41. The van der Waals surface area contributed by atoms with Crippen LogP contribution in [0, 0.1) is 0 Å². The molecule has 24 heavy (non-hydrogen) atoms. The number of carbonyl (C=O) groups excluding carboxylic acids is 2. The standard InChI is InChI=1S/C17H24N4O3/c1-12(2)18-16(22)17(23)20-19-13(3)14-4-6-15(7-5-14)21-8-10-24-11-9-21/h4-7,12H,8-11H2,1-3H3,(H,18,22)(H,20,23). The van der Waals surface area contributed by atoms with Crippen molar-refractivity contribution in [3.05, 3.63) is 29.8 Å². The van der Waals surface area contributed by atoms with E-state index in [1.807, 2.05) is 24.3 Å². The number of carbonyl (C=O) groups is 2. The molecule has 130 valence electrons. The van der Waals surface area contributed by atoms with E-state index in [0.717, 1.165) is 37.6 Å². The highest BCUT2D eigenvalue weighted by atomic mass is 16.5. The van der Waals surface area contributed by atoms with Crippen LogP contribution in [0.15, 0.2) is 29.4 Å². The van der Waals surface area contributed by atoms with Crippen LogP contribution >= 0.6 is 0 Å². The van der Waals surface area contributed by atoms with Crippen LogP contribution in [-0.2, 0) is 14.3 Å². The highest BCUT2D eigenvalue weighted by Crippen LogP contribution is 2.17. The summed E-state index contributed by atoms with van der Waals surface area (Å²) in [4.78, 5) is 25.4. The minimum atomic E-state index is -0.770. The number of nitrogens with zero attached hydrogens (tertiary/aromatic N) is 2. The van der Waals surface area contributed by atoms with Crippen LogP contribution in [0.3, 0.4) is 0 Å². The van der Waals surface area contributed by atoms with Crippen molar-refractivity contribution in [1.82, 2.24) is 10.7 Å². The number of benzene rings is 1. The molecule has 0 spiro atoms. The maximum absolute atomic E-state index is 11.6. The van der Waals surface area contributed by atoms with Gasteiger partial charge in [0.1, 0.15) is 0 Å². The predicted molar refractivity (Wildman–Crippen MR) is 93.1 cm³/mol. The lowest BCUT2D eigenvalue weighted by atomic mass is 10.1. The minimum absolute atomic E-state index is 0.0962. The van der Waals surface area contributed by atoms with Crippen LogP contribution in [0.4, 0.5) is 5.69 Å². The van der Waals surface area contributed by atoms with Crippen molar-refractivity contribution >= 4 is 23.2 Å². The van der Waals surface area contributed by atoms with Crippen LogP contribution in [0.5, 0.6) is 0 Å². The quantitative estimate of drug-likeness (QED) is 0.487. The summed E-state index contributed by atoms with van der Waals surface area (Å²) in [6.45, 7) is 8.61. The Morgan fingerprint density at radius 2 is 1.75 bits per heavy atom. The van der Waals surface area contributed by atoms with Gasteiger partial charge in [-0.05, 0) is 38.5 Å². The number of morpholine rings is 1. The largest absolute Gasteiger partial charge is 0.378 e. The fourth-order valence-corrected chi connectivity index (χ4v) is 2.31. The molecule has 1 aromatic rings. The average Bonchev–Trinajstić information content (AvgIpc) is 2.59. The highest BCUT2D eigenvalue weighted by molar-refractivity contribution is 6.35. The Balaban J connectivity index is 1.95. The summed E-state index contributed by atoms with van der Waals surface area (Å²) in [5, 5.41) is 6.50. The van der Waals surface area contributed by atoms with Gasteiger partial charge in [-0.3, -0.25) is 9.59 Å². The average molecular weight is 332 g/mol. The third-order valence-electron chi connectivity index (χ3n) is 3.61. The second-order valence-electron chi connectivity index (χ2n) is 5.91. The molecule has 1 saturated heterocycles. The minimum Gasteiger partial charge on any atom is -0.378 e. The molecule has 0 aromatic heterocycles. The number of rotatable bonds is 4. The molecular weight excluding hydrogens is 308 g/mol. The van der Waals surface area contributed by atoms with Crippen molar-refractivity contribution in [2.75, 3.05) is 31.2 Å². The molecular formula is C17H24N4O3. The molecule has 2 rings (SSSR count). The normalized spacial score (nSPS) is 15.3. The molecule has 2 N–H and O–H groups in total. The molecule has 1 heterocycles. The monoisotopic (exact) mass is 332 g/mol. The van der Waals surface area contributed by atoms with E-state index < -0.39 is 11.8 Å². The van der Waals surface area contributed by atoms with Gasteiger partial charge >= 0.3 is 11.8 Å². The summed E-state index contributed by atoms with van der Waals surface area (Å²) < 4.78 is 5.35. The highest BCUT2D eigenvalue weighted by Gasteiger charge is 2.14. The zero-order valence-electron chi connectivity index (χ0n) is 14.3.